The van der Waals surface area contributed by atoms with Gasteiger partial charge in [-0.3, -0.25) is 4.57 Å². The minimum atomic E-state index is -3.05. The lowest BCUT2D eigenvalue weighted by Gasteiger charge is -2.24. The first kappa shape index (κ1) is 20.2. The molecule has 0 saturated carbocycles. The van der Waals surface area contributed by atoms with Gasteiger partial charge in [-0.2, -0.15) is 0 Å². The first-order valence-electron chi connectivity index (χ1n) is 9.76. The molecule has 0 aliphatic carbocycles. The highest BCUT2D eigenvalue weighted by atomic mass is 31.2. The topological polar surface area (TPSA) is 29.1 Å². The SMILES string of the molecule is CCCCC#CC(NP(=O)(c1ccccc1)c1ccccc1)c1ccccc1. The van der Waals surface area contributed by atoms with Gasteiger partial charge < -0.3 is 0 Å². The van der Waals surface area contributed by atoms with Gasteiger partial charge in [-0.25, -0.2) is 5.09 Å². The third-order valence-corrected chi connectivity index (χ3v) is 7.26. The summed E-state index contributed by atoms with van der Waals surface area (Å²) in [5, 5.41) is 5.02. The van der Waals surface area contributed by atoms with Crippen molar-refractivity contribution >= 4 is 17.9 Å². The molecule has 0 radical (unpaired) electrons. The molecular weight excluding hydrogens is 361 g/mol. The van der Waals surface area contributed by atoms with Gasteiger partial charge in [0.15, 0.2) is 0 Å². The number of hydrogen-bond donors (Lipinski definition) is 1. The van der Waals surface area contributed by atoms with Crippen LogP contribution in [0.5, 0.6) is 0 Å². The molecule has 1 N–H and O–H groups in total. The van der Waals surface area contributed by atoms with Crippen molar-refractivity contribution in [1.82, 2.24) is 5.09 Å². The lowest BCUT2D eigenvalue weighted by atomic mass is 10.1. The monoisotopic (exact) mass is 387 g/mol. The summed E-state index contributed by atoms with van der Waals surface area (Å²) >= 11 is 0. The second-order valence-electron chi connectivity index (χ2n) is 6.68. The van der Waals surface area contributed by atoms with Crippen molar-refractivity contribution in [3.05, 3.63) is 96.6 Å². The normalized spacial score (nSPS) is 12.0. The molecule has 0 saturated heterocycles. The molecule has 1 unspecified atom stereocenters. The molecule has 0 fully saturated rings. The zero-order valence-corrected chi connectivity index (χ0v) is 17.1. The predicted molar refractivity (Wildman–Crippen MR) is 119 cm³/mol. The molecule has 0 aliphatic rings. The number of unbranched alkanes of at least 4 members (excludes halogenated alkanes) is 2. The molecule has 3 aromatic carbocycles. The number of nitrogens with one attached hydrogen (secondary N) is 1. The molecule has 1 atom stereocenters. The zero-order valence-electron chi connectivity index (χ0n) is 16.2. The Balaban J connectivity index is 2.03. The van der Waals surface area contributed by atoms with Crippen molar-refractivity contribution in [3.63, 3.8) is 0 Å². The van der Waals surface area contributed by atoms with Crippen LogP contribution in [-0.2, 0) is 4.57 Å². The highest BCUT2D eigenvalue weighted by Crippen LogP contribution is 2.41. The van der Waals surface area contributed by atoms with E-state index >= 15 is 0 Å². The maximum Gasteiger partial charge on any atom is 0.205 e. The molecule has 0 amide bonds. The van der Waals surface area contributed by atoms with Gasteiger partial charge in [0.05, 0.1) is 0 Å². The van der Waals surface area contributed by atoms with E-state index in [0.29, 0.717) is 0 Å². The predicted octanol–water partition coefficient (Wildman–Crippen LogP) is 5.44. The van der Waals surface area contributed by atoms with Crippen molar-refractivity contribution in [3.8, 4) is 11.8 Å². The van der Waals surface area contributed by atoms with Crippen LogP contribution >= 0.6 is 7.29 Å². The third kappa shape index (κ3) is 5.02. The molecule has 0 aromatic heterocycles. The van der Waals surface area contributed by atoms with E-state index in [0.717, 1.165) is 35.4 Å². The minimum absolute atomic E-state index is 0.302. The van der Waals surface area contributed by atoms with Crippen LogP contribution in [0.15, 0.2) is 91.0 Å². The lowest BCUT2D eigenvalue weighted by molar-refractivity contribution is 0.574. The lowest BCUT2D eigenvalue weighted by Crippen LogP contribution is -2.30. The highest BCUT2D eigenvalue weighted by molar-refractivity contribution is 7.76. The number of benzene rings is 3. The van der Waals surface area contributed by atoms with Crippen LogP contribution in [0.25, 0.3) is 0 Å². The molecule has 142 valence electrons. The molecule has 3 rings (SSSR count). The van der Waals surface area contributed by atoms with Crippen LogP contribution in [0.2, 0.25) is 0 Å². The molecule has 0 spiro atoms. The van der Waals surface area contributed by atoms with E-state index in [9.17, 15) is 4.57 Å². The van der Waals surface area contributed by atoms with Crippen LogP contribution in [-0.4, -0.2) is 0 Å². The van der Waals surface area contributed by atoms with Crippen molar-refractivity contribution < 1.29 is 4.57 Å². The summed E-state index contributed by atoms with van der Waals surface area (Å²) in [6.45, 7) is 2.16. The Morgan fingerprint density at radius 1 is 0.821 bits per heavy atom. The fourth-order valence-electron chi connectivity index (χ4n) is 3.03. The van der Waals surface area contributed by atoms with Crippen molar-refractivity contribution in [2.75, 3.05) is 0 Å². The van der Waals surface area contributed by atoms with Gasteiger partial charge in [-0.1, -0.05) is 86.0 Å². The molecule has 3 heteroatoms. The average Bonchev–Trinajstić information content (AvgIpc) is 2.77. The second kappa shape index (κ2) is 10.1. The maximum atomic E-state index is 14.3. The molecule has 2 nitrogen and oxygen atoms in total. The van der Waals surface area contributed by atoms with Gasteiger partial charge in [-0.15, -0.1) is 5.92 Å². The first-order valence-corrected chi connectivity index (χ1v) is 11.5. The van der Waals surface area contributed by atoms with Crippen LogP contribution in [0.3, 0.4) is 0 Å². The van der Waals surface area contributed by atoms with Gasteiger partial charge in [0.1, 0.15) is 6.04 Å². The van der Waals surface area contributed by atoms with Gasteiger partial charge >= 0.3 is 0 Å². The van der Waals surface area contributed by atoms with Gasteiger partial charge in [-0.05, 0) is 36.2 Å². The Labute approximate surface area is 168 Å². The standard InChI is InChI=1S/C25H26NOP/c1-2-3-4-14-21-25(22-15-8-5-9-16-22)26-28(27,23-17-10-6-11-18-23)24-19-12-7-13-20-24/h5-13,15-20,25H,2-4H2,1H3,(H,26,27). The first-order chi connectivity index (χ1) is 13.7. The summed E-state index contributed by atoms with van der Waals surface area (Å²) in [6.07, 6.45) is 3.04. The summed E-state index contributed by atoms with van der Waals surface area (Å²) in [6, 6.07) is 29.0. The summed E-state index contributed by atoms with van der Waals surface area (Å²) in [7, 11) is -3.05. The Bertz CT molecular complexity index is 915. The molecule has 0 heterocycles. The van der Waals surface area contributed by atoms with Gasteiger partial charge in [0, 0.05) is 17.0 Å². The van der Waals surface area contributed by atoms with E-state index in [4.69, 9.17) is 0 Å². The summed E-state index contributed by atoms with van der Waals surface area (Å²) in [4.78, 5) is 0. The fourth-order valence-corrected chi connectivity index (χ4v) is 5.39. The molecule has 28 heavy (non-hydrogen) atoms. The molecule has 3 aromatic rings. The van der Waals surface area contributed by atoms with Crippen molar-refractivity contribution in [2.45, 2.75) is 32.2 Å². The third-order valence-electron chi connectivity index (χ3n) is 4.59. The maximum absolute atomic E-state index is 14.3. The quantitative estimate of drug-likeness (QED) is 0.332. The van der Waals surface area contributed by atoms with Gasteiger partial charge in [0.25, 0.3) is 0 Å². The molecular formula is C25H26NOP. The van der Waals surface area contributed by atoms with E-state index in [1.165, 1.54) is 0 Å². The van der Waals surface area contributed by atoms with Crippen molar-refractivity contribution in [1.29, 1.82) is 0 Å². The van der Waals surface area contributed by atoms with Crippen LogP contribution in [0.1, 0.15) is 37.8 Å². The van der Waals surface area contributed by atoms with Crippen LogP contribution in [0, 0.1) is 11.8 Å². The van der Waals surface area contributed by atoms with E-state index in [1.54, 1.807) is 0 Å². The molecule has 0 bridgehead atoms. The summed E-state index contributed by atoms with van der Waals surface area (Å²) < 4.78 is 14.3. The van der Waals surface area contributed by atoms with Crippen molar-refractivity contribution in [2.24, 2.45) is 0 Å². The van der Waals surface area contributed by atoms with Crippen LogP contribution in [0.4, 0.5) is 0 Å². The highest BCUT2D eigenvalue weighted by Gasteiger charge is 2.30. The second-order valence-corrected chi connectivity index (χ2v) is 9.19. The van der Waals surface area contributed by atoms with Crippen LogP contribution < -0.4 is 15.7 Å². The van der Waals surface area contributed by atoms with E-state index in [1.807, 2.05) is 91.0 Å². The largest absolute Gasteiger partial charge is 0.296 e. The minimum Gasteiger partial charge on any atom is -0.296 e. The molecule has 0 aliphatic heterocycles. The zero-order chi connectivity index (χ0) is 19.7. The number of rotatable bonds is 7. The summed E-state index contributed by atoms with van der Waals surface area (Å²) in [5.41, 5.74) is 1.03. The Morgan fingerprint density at radius 2 is 1.32 bits per heavy atom. The summed E-state index contributed by atoms with van der Waals surface area (Å²) in [5.74, 6) is 6.61. The van der Waals surface area contributed by atoms with E-state index < -0.39 is 7.29 Å². The van der Waals surface area contributed by atoms with E-state index in [-0.39, 0.29) is 6.04 Å². The Morgan fingerprint density at radius 3 is 1.82 bits per heavy atom. The average molecular weight is 387 g/mol. The fraction of sp³-hybridized carbons (Fsp3) is 0.200. The Kier molecular flexibility index (Phi) is 7.26. The van der Waals surface area contributed by atoms with Gasteiger partial charge in [0.2, 0.25) is 7.29 Å². The smallest absolute Gasteiger partial charge is 0.205 e. The Hall–Kier alpha value is -2.59. The number of hydrogen-bond acceptors (Lipinski definition) is 1. The van der Waals surface area contributed by atoms with E-state index in [2.05, 4.69) is 23.9 Å².